The molecule has 0 atom stereocenters. The number of hydrogen-bond donors (Lipinski definition) is 2. The molecule has 1 fully saturated rings. The van der Waals surface area contributed by atoms with Crippen molar-refractivity contribution in [3.05, 3.63) is 81.9 Å². The zero-order valence-corrected chi connectivity index (χ0v) is 20.8. The minimum atomic E-state index is -0.244. The lowest BCUT2D eigenvalue weighted by Gasteiger charge is -2.38. The number of hydrogen-bond acceptors (Lipinski definition) is 5. The van der Waals surface area contributed by atoms with E-state index in [1.54, 1.807) is 0 Å². The molecular formula is C29H34N4O2. The van der Waals surface area contributed by atoms with Crippen LogP contribution in [0.15, 0.2) is 48.5 Å². The van der Waals surface area contributed by atoms with Gasteiger partial charge < -0.3 is 26.0 Å². The number of ether oxygens (including phenoxy) is 1. The van der Waals surface area contributed by atoms with Crippen molar-refractivity contribution in [2.24, 2.45) is 5.73 Å². The molecule has 0 radical (unpaired) electrons. The van der Waals surface area contributed by atoms with E-state index in [0.717, 1.165) is 41.2 Å². The summed E-state index contributed by atoms with van der Waals surface area (Å²) in [5.41, 5.74) is 23.8. The molecule has 1 aliphatic heterocycles. The van der Waals surface area contributed by atoms with Crippen LogP contribution in [-0.4, -0.2) is 43.8 Å². The first-order valence-electron chi connectivity index (χ1n) is 12.3. The molecule has 1 saturated heterocycles. The Balaban J connectivity index is 1.26. The summed E-state index contributed by atoms with van der Waals surface area (Å²) in [5, 5.41) is 0. The number of carbonyl (C=O) groups is 1. The maximum Gasteiger partial charge on any atom is 0.409 e. The highest BCUT2D eigenvalue weighted by Gasteiger charge is 2.31. The van der Waals surface area contributed by atoms with Crippen LogP contribution in [0.2, 0.25) is 0 Å². The van der Waals surface area contributed by atoms with Crippen LogP contribution >= 0.6 is 0 Å². The van der Waals surface area contributed by atoms with Crippen LogP contribution in [-0.2, 0) is 11.3 Å². The summed E-state index contributed by atoms with van der Waals surface area (Å²) in [5.74, 6) is 0.0724. The van der Waals surface area contributed by atoms with Crippen molar-refractivity contribution in [3.63, 3.8) is 0 Å². The zero-order valence-electron chi connectivity index (χ0n) is 20.8. The quantitative estimate of drug-likeness (QED) is 0.539. The highest BCUT2D eigenvalue weighted by Crippen LogP contribution is 2.44. The predicted octanol–water partition coefficient (Wildman–Crippen LogP) is 4.72. The van der Waals surface area contributed by atoms with Gasteiger partial charge in [-0.1, -0.05) is 48.5 Å². The number of anilines is 2. The fourth-order valence-electron chi connectivity index (χ4n) is 5.86. The van der Waals surface area contributed by atoms with Gasteiger partial charge in [0, 0.05) is 50.0 Å². The lowest BCUT2D eigenvalue weighted by molar-refractivity contribution is 0.0977. The van der Waals surface area contributed by atoms with Crippen LogP contribution < -0.4 is 16.4 Å². The van der Waals surface area contributed by atoms with E-state index in [1.165, 1.54) is 27.8 Å². The van der Waals surface area contributed by atoms with Crippen molar-refractivity contribution in [3.8, 4) is 11.1 Å². The van der Waals surface area contributed by atoms with Crippen molar-refractivity contribution in [2.45, 2.75) is 33.2 Å². The van der Waals surface area contributed by atoms with Gasteiger partial charge in [-0.15, -0.1) is 0 Å². The van der Waals surface area contributed by atoms with E-state index >= 15 is 0 Å². The number of rotatable bonds is 4. The molecule has 3 aromatic carbocycles. The number of nitrogens with zero attached hydrogens (tertiary/aromatic N) is 2. The van der Waals surface area contributed by atoms with Crippen molar-refractivity contribution >= 4 is 17.5 Å². The Kier molecular flexibility index (Phi) is 6.15. The highest BCUT2D eigenvalue weighted by atomic mass is 16.6. The molecule has 0 bridgehead atoms. The number of benzene rings is 3. The van der Waals surface area contributed by atoms with Crippen LogP contribution in [0.4, 0.5) is 16.2 Å². The molecule has 0 unspecified atom stereocenters. The van der Waals surface area contributed by atoms with Gasteiger partial charge in [0.2, 0.25) is 0 Å². The molecule has 5 rings (SSSR count). The molecule has 1 heterocycles. The van der Waals surface area contributed by atoms with Gasteiger partial charge in [-0.3, -0.25) is 0 Å². The molecule has 6 nitrogen and oxygen atoms in total. The fourth-order valence-corrected chi connectivity index (χ4v) is 5.86. The molecule has 0 saturated carbocycles. The topological polar surface area (TPSA) is 84.8 Å². The Bertz CT molecular complexity index is 1230. The van der Waals surface area contributed by atoms with Gasteiger partial charge >= 0.3 is 6.09 Å². The van der Waals surface area contributed by atoms with E-state index in [9.17, 15) is 4.79 Å². The molecule has 4 N–H and O–H groups in total. The van der Waals surface area contributed by atoms with Crippen molar-refractivity contribution < 1.29 is 9.53 Å². The zero-order chi connectivity index (χ0) is 24.7. The van der Waals surface area contributed by atoms with Crippen molar-refractivity contribution in [2.75, 3.05) is 43.4 Å². The summed E-state index contributed by atoms with van der Waals surface area (Å²) < 4.78 is 5.87. The summed E-state index contributed by atoms with van der Waals surface area (Å²) in [7, 11) is 0. The Labute approximate surface area is 207 Å². The number of nitrogen functional groups attached to an aromatic ring is 1. The molecule has 3 aromatic rings. The minimum absolute atomic E-state index is 0.0724. The summed E-state index contributed by atoms with van der Waals surface area (Å²) >= 11 is 0. The number of fused-ring (bicyclic) bond motifs is 3. The van der Waals surface area contributed by atoms with Crippen LogP contribution in [0.25, 0.3) is 11.1 Å². The molecule has 2 aliphatic rings. The Hall–Kier alpha value is -3.51. The van der Waals surface area contributed by atoms with Gasteiger partial charge in [0.1, 0.15) is 6.61 Å². The van der Waals surface area contributed by atoms with E-state index in [1.807, 2.05) is 11.8 Å². The lowest BCUT2D eigenvalue weighted by Crippen LogP contribution is -2.49. The van der Waals surface area contributed by atoms with Gasteiger partial charge in [0.15, 0.2) is 0 Å². The van der Waals surface area contributed by atoms with E-state index < -0.39 is 0 Å². The highest BCUT2D eigenvalue weighted by molar-refractivity contribution is 5.79. The fraction of sp³-hybridized carbons (Fsp3) is 0.345. The van der Waals surface area contributed by atoms with Crippen LogP contribution in [0.3, 0.4) is 0 Å². The maximum absolute atomic E-state index is 13.0. The molecular weight excluding hydrogens is 436 g/mol. The SMILES string of the molecule is Cc1c(N)c(C)c(N2CCN(C(=O)OCC3c4ccccc4-c4ccccc43)CC2)c(C)c1CN. The summed E-state index contributed by atoms with van der Waals surface area (Å²) in [6.07, 6.45) is -0.244. The molecule has 182 valence electrons. The van der Waals surface area contributed by atoms with Gasteiger partial charge in [0.25, 0.3) is 0 Å². The Morgan fingerprint density at radius 1 is 0.886 bits per heavy atom. The second-order valence-corrected chi connectivity index (χ2v) is 9.60. The first-order chi connectivity index (χ1) is 16.9. The standard InChI is InChI=1S/C29H34N4O2/c1-18-25(16-30)19(2)28(20(3)27(18)31)32-12-14-33(15-13-32)29(34)35-17-26-23-10-6-4-8-21(23)22-9-5-7-11-24(22)26/h4-11,26H,12-17,30-31H2,1-3H3. The smallest absolute Gasteiger partial charge is 0.409 e. The second-order valence-electron chi connectivity index (χ2n) is 9.60. The molecule has 35 heavy (non-hydrogen) atoms. The number of amides is 1. The van der Waals surface area contributed by atoms with Gasteiger partial charge in [-0.2, -0.15) is 0 Å². The summed E-state index contributed by atoms with van der Waals surface area (Å²) in [4.78, 5) is 17.1. The summed E-state index contributed by atoms with van der Waals surface area (Å²) in [6, 6.07) is 16.8. The van der Waals surface area contributed by atoms with Crippen molar-refractivity contribution in [1.82, 2.24) is 4.90 Å². The third kappa shape index (κ3) is 3.92. The van der Waals surface area contributed by atoms with Gasteiger partial charge in [-0.05, 0) is 65.3 Å². The van der Waals surface area contributed by atoms with Crippen LogP contribution in [0, 0.1) is 20.8 Å². The van der Waals surface area contributed by atoms with Crippen molar-refractivity contribution in [1.29, 1.82) is 0 Å². The second kappa shape index (κ2) is 9.27. The van der Waals surface area contributed by atoms with Crippen LogP contribution in [0.5, 0.6) is 0 Å². The maximum atomic E-state index is 13.0. The summed E-state index contributed by atoms with van der Waals surface area (Å²) in [6.45, 7) is 9.74. The predicted molar refractivity (Wildman–Crippen MR) is 142 cm³/mol. The van der Waals surface area contributed by atoms with Crippen LogP contribution in [0.1, 0.15) is 39.3 Å². The Morgan fingerprint density at radius 3 is 2.03 bits per heavy atom. The van der Waals surface area contributed by atoms with E-state index in [-0.39, 0.29) is 12.0 Å². The molecule has 6 heteroatoms. The third-order valence-electron chi connectivity index (χ3n) is 7.82. The first-order valence-corrected chi connectivity index (χ1v) is 12.3. The molecule has 0 spiro atoms. The number of piperazine rings is 1. The average molecular weight is 471 g/mol. The molecule has 0 aromatic heterocycles. The monoisotopic (exact) mass is 470 g/mol. The lowest BCUT2D eigenvalue weighted by atomic mass is 9.94. The number of carbonyl (C=O) groups excluding carboxylic acids is 1. The molecule has 1 amide bonds. The third-order valence-corrected chi connectivity index (χ3v) is 7.82. The minimum Gasteiger partial charge on any atom is -0.448 e. The van der Waals surface area contributed by atoms with E-state index in [4.69, 9.17) is 16.2 Å². The average Bonchev–Trinajstić information content (AvgIpc) is 3.20. The van der Waals surface area contributed by atoms with Gasteiger partial charge in [-0.25, -0.2) is 4.79 Å². The molecule has 1 aliphatic carbocycles. The first kappa shape index (κ1) is 23.2. The normalized spacial score (nSPS) is 15.2. The Morgan fingerprint density at radius 2 is 1.46 bits per heavy atom. The van der Waals surface area contributed by atoms with Gasteiger partial charge in [0.05, 0.1) is 0 Å². The van der Waals surface area contributed by atoms with E-state index in [0.29, 0.717) is 26.2 Å². The number of nitrogens with two attached hydrogens (primary N) is 2. The van der Waals surface area contributed by atoms with E-state index in [2.05, 4.69) is 67.3 Å². The largest absolute Gasteiger partial charge is 0.448 e.